The van der Waals surface area contributed by atoms with Gasteiger partial charge in [0, 0.05) is 66.4 Å². The number of carbonyl (C=O) groups excluding carboxylic acids is 10. The number of aromatic nitrogens is 2. The number of benzene rings is 4. The maximum absolute atomic E-state index is 15.2. The molecule has 0 saturated carbocycles. The number of fused-ring (bicyclic) bond motifs is 2. The Hall–Kier alpha value is -11.2. The number of nitrogens with zero attached hydrogens (tertiary/aromatic N) is 1. The number of primary amides is 1. The van der Waals surface area contributed by atoms with Crippen LogP contribution in [0.5, 0.6) is 0 Å². The van der Waals surface area contributed by atoms with Crippen LogP contribution in [0.3, 0.4) is 0 Å². The summed E-state index contributed by atoms with van der Waals surface area (Å²) < 4.78 is 0. The van der Waals surface area contributed by atoms with Crippen molar-refractivity contribution in [2.24, 2.45) is 45.7 Å². The lowest BCUT2D eigenvalue weighted by Crippen LogP contribution is -2.61. The smallest absolute Gasteiger partial charge is 0.326 e. The molecule has 6 aromatic rings. The Morgan fingerprint density at radius 2 is 0.804 bits per heavy atom. The number of hydrogen-bond donors (Lipinski definition) is 17. The highest BCUT2D eigenvalue weighted by Gasteiger charge is 2.38. The monoisotopic (exact) mass is 1410 g/mol. The van der Waals surface area contributed by atoms with Crippen LogP contribution in [-0.2, 0) is 83.2 Å². The second kappa shape index (κ2) is 39.0. The van der Waals surface area contributed by atoms with E-state index in [9.17, 15) is 53.4 Å². The summed E-state index contributed by atoms with van der Waals surface area (Å²) in [5.74, 6) is -13.3. The van der Waals surface area contributed by atoms with Crippen molar-refractivity contribution in [3.63, 3.8) is 0 Å². The zero-order chi connectivity index (χ0) is 74.7. The van der Waals surface area contributed by atoms with Gasteiger partial charge < -0.3 is 91.0 Å². The van der Waals surface area contributed by atoms with Gasteiger partial charge in [0.2, 0.25) is 59.1 Å². The number of nitrogens with two attached hydrogens (primary N) is 4. The van der Waals surface area contributed by atoms with Crippen LogP contribution in [0.1, 0.15) is 109 Å². The Bertz CT molecular complexity index is 3910. The van der Waals surface area contributed by atoms with Crippen molar-refractivity contribution in [3.05, 3.63) is 144 Å². The molecule has 10 amide bonds. The highest BCUT2D eigenvalue weighted by molar-refractivity contribution is 6.00. The number of carbonyl (C=O) groups is 12. The average Bonchev–Trinajstić information content (AvgIpc) is 1.64. The molecule has 30 nitrogen and oxygen atoms in total. The number of aromatic amines is 2. The fraction of sp³-hybridized carbons (Fsp3) is 0.431. The molecule has 0 saturated heterocycles. The minimum atomic E-state index is -1.80. The van der Waals surface area contributed by atoms with Crippen molar-refractivity contribution in [1.29, 1.82) is 0 Å². The molecule has 0 radical (unpaired) electrons. The third kappa shape index (κ3) is 24.9. The Kier molecular flexibility index (Phi) is 30.5. The quantitative estimate of drug-likeness (QED) is 0.0146. The van der Waals surface area contributed by atoms with Gasteiger partial charge in [-0.2, -0.15) is 0 Å². The van der Waals surface area contributed by atoms with E-state index in [1.54, 1.807) is 139 Å². The summed E-state index contributed by atoms with van der Waals surface area (Å²) in [6.07, 6.45) is 1.41. The topological polar surface area (TPSA) is 502 Å². The van der Waals surface area contributed by atoms with E-state index in [4.69, 9.17) is 22.9 Å². The van der Waals surface area contributed by atoms with Gasteiger partial charge in [-0.3, -0.25) is 57.7 Å². The molecule has 0 fully saturated rings. The Balaban J connectivity index is 1.30. The lowest BCUT2D eigenvalue weighted by Gasteiger charge is -2.29. The zero-order valence-electron chi connectivity index (χ0n) is 58.1. The molecule has 2 aromatic heterocycles. The average molecular weight is 1410 g/mol. The second-order valence-electron chi connectivity index (χ2n) is 26.3. The van der Waals surface area contributed by atoms with Crippen LogP contribution >= 0.6 is 0 Å². The van der Waals surface area contributed by atoms with Gasteiger partial charge in [0.1, 0.15) is 54.4 Å². The minimum absolute atomic E-state index is 0.0165. The molecule has 0 aliphatic heterocycles. The van der Waals surface area contributed by atoms with Crippen molar-refractivity contribution in [2.75, 3.05) is 6.54 Å². The molecule has 102 heavy (non-hydrogen) atoms. The third-order valence-corrected chi connectivity index (χ3v) is 17.1. The summed E-state index contributed by atoms with van der Waals surface area (Å²) in [6, 6.07) is 17.0. The largest absolute Gasteiger partial charge is 0.481 e. The first kappa shape index (κ1) is 79.8. The molecule has 548 valence electrons. The molecule has 0 aliphatic rings. The van der Waals surface area contributed by atoms with E-state index in [0.29, 0.717) is 39.6 Å². The van der Waals surface area contributed by atoms with Crippen LogP contribution in [-0.4, -0.2) is 164 Å². The summed E-state index contributed by atoms with van der Waals surface area (Å²) in [5.41, 5.74) is 26.2. The van der Waals surface area contributed by atoms with E-state index in [0.717, 1.165) is 10.9 Å². The predicted octanol–water partition coefficient (Wildman–Crippen LogP) is 1.24. The lowest BCUT2D eigenvalue weighted by molar-refractivity contribution is -0.144. The van der Waals surface area contributed by atoms with E-state index >= 15 is 14.4 Å². The van der Waals surface area contributed by atoms with E-state index < -0.39 is 150 Å². The molecule has 21 N–H and O–H groups in total. The van der Waals surface area contributed by atoms with E-state index in [1.807, 2.05) is 24.3 Å². The normalized spacial score (nSPS) is 14.5. The van der Waals surface area contributed by atoms with Gasteiger partial charge in [0.25, 0.3) is 0 Å². The summed E-state index contributed by atoms with van der Waals surface area (Å²) in [7, 11) is 0. The molecular formula is C72H96N16O14. The van der Waals surface area contributed by atoms with Gasteiger partial charge in [-0.1, -0.05) is 145 Å². The third-order valence-electron chi connectivity index (χ3n) is 17.1. The summed E-state index contributed by atoms with van der Waals surface area (Å²) in [6.45, 7) is 10.5. The molecule has 2 heterocycles. The van der Waals surface area contributed by atoms with Crippen molar-refractivity contribution in [2.45, 2.75) is 173 Å². The van der Waals surface area contributed by atoms with Crippen molar-refractivity contribution >= 4 is 98.8 Å². The van der Waals surface area contributed by atoms with Crippen LogP contribution in [0.25, 0.3) is 21.8 Å². The number of nitrogens with one attached hydrogen (secondary N) is 11. The standard InChI is InChI=1S/C72H96N16O14/c1-7-41(6)61(71(101)102)88-70(100)57(34-45-38-79-50-26-17-15-24-47(45)50)86-67(97)55(32-43-21-12-9-13-22-43)84-66(96)54(31-42-19-10-8-11-20-42)83-64(94)53(30-40(4)5)82-68(98)56(33-44-37-78-49-25-16-14-23-46(44)49)85-69(99)58(36-59(74)89)87-65(95)52(29-39(2)3)81-63(93)51(27-18-28-77-72(75)76)80-62(92)48(73)35-60(90)91/h8-17,19-26,37-41,48,51-58,61,78-79H,7,18,27-36,73H2,1-6H3,(H2,74,89)(H,80,92)(H,81,93)(H,82,98)(H,83,94)(H,84,96)(H,85,99)(H,86,97)(H,87,95)(H,88,100)(H,90,91)(H,101,102)(H4,75,76,77)/t41-,48-,51-,52-,53-,54-,55-,56-,57-,58-,61-/m0/s1. The van der Waals surface area contributed by atoms with Crippen molar-refractivity contribution < 1.29 is 67.7 Å². The molecule has 6 rings (SSSR count). The van der Waals surface area contributed by atoms with Crippen LogP contribution in [0.15, 0.2) is 127 Å². The SMILES string of the molecule is CC[C@H](C)[C@H](NC(=O)[C@H](Cc1c[nH]c2ccccc12)NC(=O)[C@H](Cc1ccccc1)NC(=O)[C@H](Cc1ccccc1)NC(=O)[C@H](CC(C)C)NC(=O)[C@H](Cc1c[nH]c2ccccc12)NC(=O)[C@H](CC(N)=O)NC(=O)[C@H](CC(C)C)NC(=O)[C@H](CCCN=C(N)N)NC(=O)[C@@H](N)CC(=O)O)C(=O)O. The number of para-hydroxylation sites is 2. The van der Waals surface area contributed by atoms with Gasteiger partial charge in [-0.15, -0.1) is 0 Å². The maximum Gasteiger partial charge on any atom is 0.326 e. The molecule has 4 aromatic carbocycles. The number of aliphatic imine (C=N–C) groups is 1. The van der Waals surface area contributed by atoms with Crippen molar-refractivity contribution in [1.82, 2.24) is 57.8 Å². The van der Waals surface area contributed by atoms with Crippen LogP contribution < -0.4 is 70.8 Å². The highest BCUT2D eigenvalue weighted by atomic mass is 16.4. The first-order valence-corrected chi connectivity index (χ1v) is 33.9. The van der Waals surface area contributed by atoms with Crippen LogP contribution in [0, 0.1) is 17.8 Å². The number of guanidine groups is 1. The van der Waals surface area contributed by atoms with Crippen LogP contribution in [0.2, 0.25) is 0 Å². The van der Waals surface area contributed by atoms with Gasteiger partial charge in [-0.05, 0) is 77.8 Å². The first-order chi connectivity index (χ1) is 48.5. The Labute approximate surface area is 590 Å². The molecule has 0 bridgehead atoms. The van der Waals surface area contributed by atoms with E-state index in [-0.39, 0.29) is 75.7 Å². The maximum atomic E-state index is 15.2. The summed E-state index contributed by atoms with van der Waals surface area (Å²) in [5, 5.41) is 45.0. The zero-order valence-corrected chi connectivity index (χ0v) is 58.1. The van der Waals surface area contributed by atoms with Gasteiger partial charge in [0.05, 0.1) is 18.9 Å². The number of H-pyrrole nitrogens is 2. The molecule has 0 aliphatic carbocycles. The minimum Gasteiger partial charge on any atom is -0.481 e. The Morgan fingerprint density at radius 3 is 1.21 bits per heavy atom. The number of rotatable bonds is 41. The molecule has 0 spiro atoms. The summed E-state index contributed by atoms with van der Waals surface area (Å²) >= 11 is 0. The number of carboxylic acids is 2. The molecule has 0 unspecified atom stereocenters. The van der Waals surface area contributed by atoms with Gasteiger partial charge >= 0.3 is 11.9 Å². The highest BCUT2D eigenvalue weighted by Crippen LogP contribution is 2.23. The summed E-state index contributed by atoms with van der Waals surface area (Å²) in [4.78, 5) is 178. The predicted molar refractivity (Wildman–Crippen MR) is 382 cm³/mol. The molecule has 30 heteroatoms. The number of carboxylic acid groups (broad SMARTS) is 2. The number of hydrogen-bond acceptors (Lipinski definition) is 14. The van der Waals surface area contributed by atoms with E-state index in [2.05, 4.69) is 62.8 Å². The fourth-order valence-electron chi connectivity index (χ4n) is 11.6. The fourth-order valence-corrected chi connectivity index (χ4v) is 11.6. The Morgan fingerprint density at radius 1 is 0.441 bits per heavy atom. The molecule has 11 atom stereocenters. The molecular weight excluding hydrogens is 1310 g/mol. The first-order valence-electron chi connectivity index (χ1n) is 33.9. The number of amides is 10. The van der Waals surface area contributed by atoms with Crippen molar-refractivity contribution in [3.8, 4) is 0 Å². The van der Waals surface area contributed by atoms with Gasteiger partial charge in [-0.25, -0.2) is 4.79 Å². The lowest BCUT2D eigenvalue weighted by atomic mass is 9.97. The van der Waals surface area contributed by atoms with Crippen LogP contribution in [0.4, 0.5) is 0 Å². The second-order valence-corrected chi connectivity index (χ2v) is 26.3. The number of aliphatic carboxylic acids is 2. The van der Waals surface area contributed by atoms with E-state index in [1.165, 1.54) is 0 Å². The van der Waals surface area contributed by atoms with Gasteiger partial charge in [0.15, 0.2) is 5.96 Å².